The van der Waals surface area contributed by atoms with Gasteiger partial charge < -0.3 is 128 Å². The summed E-state index contributed by atoms with van der Waals surface area (Å²) in [4.78, 5) is 42.8. The van der Waals surface area contributed by atoms with Crippen LogP contribution >= 0.6 is 0 Å². The van der Waals surface area contributed by atoms with Crippen LogP contribution in [0.1, 0.15) is 119 Å². The van der Waals surface area contributed by atoms with E-state index in [4.69, 9.17) is 56.8 Å². The largest absolute Gasteiger partial charge is 0.465 e. The Morgan fingerprint density at radius 2 is 1.23 bits per heavy atom. The van der Waals surface area contributed by atoms with E-state index in [2.05, 4.69) is 40.7 Å². The number of aliphatic hydroxyl groups is 14. The highest BCUT2D eigenvalue weighted by Crippen LogP contribution is 2.75. The summed E-state index contributed by atoms with van der Waals surface area (Å²) in [6.07, 6.45) is -34.0. The van der Waals surface area contributed by atoms with Crippen LogP contribution < -0.4 is 0 Å². The Kier molecular flexibility index (Phi) is 19.8. The zero-order valence-electron chi connectivity index (χ0n) is 52.4. The summed E-state index contributed by atoms with van der Waals surface area (Å²) in [7, 11) is 0. The molecule has 4 saturated carbocycles. The molecule has 6 saturated heterocycles. The molecule has 0 aromatic carbocycles. The number of esters is 3. The summed E-state index contributed by atoms with van der Waals surface area (Å²) < 4.78 is 71.8. The van der Waals surface area contributed by atoms with Gasteiger partial charge in [-0.2, -0.15) is 0 Å². The Balaban J connectivity index is 0.870. The van der Waals surface area contributed by atoms with Gasteiger partial charge in [-0.15, -0.1) is 0 Å². The zero-order valence-corrected chi connectivity index (χ0v) is 52.4. The molecule has 5 aliphatic carbocycles. The zero-order chi connectivity index (χ0) is 66.0. The molecule has 0 radical (unpaired) electrons. The van der Waals surface area contributed by atoms with Gasteiger partial charge in [0.25, 0.3) is 0 Å². The summed E-state index contributed by atoms with van der Waals surface area (Å²) in [6.45, 7) is 11.0. The van der Waals surface area contributed by atoms with Gasteiger partial charge in [0.05, 0.1) is 75.2 Å². The second-order valence-corrected chi connectivity index (χ2v) is 29.8. The summed E-state index contributed by atoms with van der Waals surface area (Å²) in [5, 5.41) is 155. The van der Waals surface area contributed by atoms with E-state index >= 15 is 4.79 Å². The number of rotatable bonds is 7. The van der Waals surface area contributed by atoms with E-state index in [0.29, 0.717) is 51.4 Å². The Hall–Kier alpha value is -2.77. The van der Waals surface area contributed by atoms with Crippen molar-refractivity contribution in [3.05, 3.63) is 11.6 Å². The normalized spacial score (nSPS) is 53.8. The van der Waals surface area contributed by atoms with E-state index < -0.39 is 238 Å². The van der Waals surface area contributed by atoms with Gasteiger partial charge in [0.2, 0.25) is 6.29 Å². The minimum atomic E-state index is -2.05. The van der Waals surface area contributed by atoms with Gasteiger partial charge in [0.15, 0.2) is 37.4 Å². The van der Waals surface area contributed by atoms with Gasteiger partial charge in [-0.3, -0.25) is 14.4 Å². The van der Waals surface area contributed by atoms with Crippen LogP contribution in [0, 0.1) is 50.7 Å². The predicted octanol–water partition coefficient (Wildman–Crippen LogP) is -3.07. The first-order chi connectivity index (χ1) is 42.7. The van der Waals surface area contributed by atoms with Crippen LogP contribution in [0.25, 0.3) is 0 Å². The van der Waals surface area contributed by atoms with Crippen LogP contribution in [0.4, 0.5) is 0 Å². The van der Waals surface area contributed by atoms with Crippen LogP contribution in [0.3, 0.4) is 0 Å². The highest BCUT2D eigenvalue weighted by molar-refractivity contribution is 5.79. The third-order valence-electron chi connectivity index (χ3n) is 23.4. The number of allylic oxidation sites excluding steroid dienone is 2. The molecule has 33 atom stereocenters. The van der Waals surface area contributed by atoms with E-state index in [1.165, 1.54) is 13.8 Å². The first-order valence-corrected chi connectivity index (χ1v) is 32.2. The van der Waals surface area contributed by atoms with Crippen LogP contribution in [-0.4, -0.2) is 275 Å². The van der Waals surface area contributed by atoms with E-state index in [-0.39, 0.29) is 36.2 Å². The molecule has 0 spiro atoms. The lowest BCUT2D eigenvalue weighted by molar-refractivity contribution is -0.372. The number of carbonyl (C=O) groups excluding carboxylic acids is 3. The Morgan fingerprint density at radius 1 is 0.593 bits per heavy atom. The maximum absolute atomic E-state index is 15.5. The van der Waals surface area contributed by atoms with Crippen molar-refractivity contribution in [2.75, 3.05) is 33.0 Å². The van der Waals surface area contributed by atoms with E-state index in [9.17, 15) is 81.1 Å². The highest BCUT2D eigenvalue weighted by atomic mass is 16.8. The first-order valence-electron chi connectivity index (χ1n) is 32.2. The molecule has 11 aliphatic rings. The number of ether oxygens (including phenoxy) is 12. The minimum absolute atomic E-state index is 0.142. The van der Waals surface area contributed by atoms with Crippen molar-refractivity contribution in [2.24, 2.45) is 50.7 Å². The fraction of sp³-hybridized carbons (Fsp3) is 0.919. The molecular weight excluding hydrogens is 1210 g/mol. The van der Waals surface area contributed by atoms with Gasteiger partial charge in [-0.05, 0) is 111 Å². The minimum Gasteiger partial charge on any atom is -0.465 e. The van der Waals surface area contributed by atoms with Crippen LogP contribution in [0.15, 0.2) is 11.6 Å². The molecule has 0 amide bonds. The molecule has 6 unspecified atom stereocenters. The fourth-order valence-electron chi connectivity index (χ4n) is 17.9. The van der Waals surface area contributed by atoms with Crippen molar-refractivity contribution < 1.29 is 143 Å². The number of hydrogen-bond donors (Lipinski definition) is 14. The maximum Gasteiger partial charge on any atom is 0.315 e. The third kappa shape index (κ3) is 12.5. The average Bonchev–Trinajstić information content (AvgIpc) is 0.678. The molecule has 0 aromatic rings. The molecule has 11 rings (SSSR count). The molecule has 6 heterocycles. The molecule has 91 heavy (non-hydrogen) atoms. The van der Waals surface area contributed by atoms with Crippen molar-refractivity contribution in [2.45, 2.75) is 272 Å². The van der Waals surface area contributed by atoms with Crippen molar-refractivity contribution in [1.29, 1.82) is 0 Å². The molecule has 518 valence electrons. The maximum atomic E-state index is 15.5. The quantitative estimate of drug-likeness (QED) is 0.0521. The number of hydrogen-bond acceptors (Lipinski definition) is 29. The summed E-state index contributed by atoms with van der Waals surface area (Å²) >= 11 is 0. The monoisotopic (exact) mass is 1300 g/mol. The van der Waals surface area contributed by atoms with Gasteiger partial charge in [0, 0.05) is 5.92 Å². The van der Waals surface area contributed by atoms with Crippen molar-refractivity contribution in [3.8, 4) is 0 Å². The standard InChI is InChI=1S/C62H96O29/c1-25-38(70)47(88-51-44(76)39(71)31(65)22-81-51)45(77)52(84-25)89-49-41(73)33(67)24-83-54(49)91-56(78)62-14-12-57(2,3)16-29(62)28-8-9-35-59(5)17-30(64)46-26(27(59)10-11-61(35,7)60(28,6)13-15-62)21-80-36(68)18-58(4,79)19-37(69)86-48-40(72)32(66)23-82-53(48)90-50-43(75)42(74)34(20-63)85-55(50)87-46/h8,25-27,29-35,38-55,63-67,70-77,79H,9-24H2,1-7H3/t25-,26-,27-,29-,30-,31+,32-,33-,34+,35+,38-,39-,40-,41-,42+,43-,44+,45+,46+,47+,48+,49+,50+,51?,52?,53?,54?,55?,58?,59-,60+,61+,62-/m0/s1. The van der Waals surface area contributed by atoms with E-state index in [0.717, 1.165) is 5.57 Å². The fourth-order valence-corrected chi connectivity index (χ4v) is 17.9. The van der Waals surface area contributed by atoms with E-state index in [1.54, 1.807) is 0 Å². The molecule has 0 aromatic heterocycles. The number of carbonyl (C=O) groups is 3. The smallest absolute Gasteiger partial charge is 0.315 e. The molecule has 14 N–H and O–H groups in total. The lowest BCUT2D eigenvalue weighted by Gasteiger charge is -2.70. The van der Waals surface area contributed by atoms with Gasteiger partial charge >= 0.3 is 17.9 Å². The molecular formula is C62H96O29. The van der Waals surface area contributed by atoms with Crippen LogP contribution in [0.5, 0.6) is 0 Å². The second kappa shape index (κ2) is 25.9. The molecule has 6 aliphatic heterocycles. The van der Waals surface area contributed by atoms with Crippen molar-refractivity contribution in [3.63, 3.8) is 0 Å². The summed E-state index contributed by atoms with van der Waals surface area (Å²) in [6, 6.07) is 0. The average molecular weight is 1310 g/mol. The molecule has 10 fully saturated rings. The first kappa shape index (κ1) is 69.6. The topological polar surface area (TPSA) is 445 Å². The Morgan fingerprint density at radius 3 is 1.95 bits per heavy atom. The van der Waals surface area contributed by atoms with Crippen molar-refractivity contribution >= 4 is 17.9 Å². The van der Waals surface area contributed by atoms with Crippen LogP contribution in [-0.2, 0) is 71.2 Å². The number of fused-ring (bicyclic) bond motifs is 11. The van der Waals surface area contributed by atoms with Gasteiger partial charge in [-0.1, -0.05) is 46.3 Å². The third-order valence-corrected chi connectivity index (χ3v) is 23.4. The summed E-state index contributed by atoms with van der Waals surface area (Å²) in [5.74, 6) is -4.37. The van der Waals surface area contributed by atoms with Gasteiger partial charge in [0.1, 0.15) is 85.5 Å². The number of cyclic esters (lactones) is 1. The second-order valence-electron chi connectivity index (χ2n) is 29.8. The van der Waals surface area contributed by atoms with Crippen molar-refractivity contribution in [1.82, 2.24) is 0 Å². The Bertz CT molecular complexity index is 2650. The number of aliphatic hydroxyl groups excluding tert-OH is 13. The molecule has 0 bridgehead atoms. The van der Waals surface area contributed by atoms with Crippen LogP contribution in [0.2, 0.25) is 0 Å². The molecule has 29 heteroatoms. The molecule has 29 nitrogen and oxygen atoms in total. The SMILES string of the molecule is C[C@@H]1OC(O[C@H]2C(OC(=O)[C@]34CCC(C)(C)C[C@H]3C3=CC[C@@H]5[C@@]6(C)C[C@H](O)[C@@H]7OC8O[C@H](CO)[C@@H](O)[C@H](O)[C@H]8OC8OC[C@H](O)[C@H](O)[C@H]8OC(=O)CC(C)(O)CC(=O)OC[C@H]7[C@@H]6CC[C@@]5(C)[C@]3(C)CC4)OC[C@H](O)[C@@H]2O)[C@H](O)[C@H](OC2OC[C@@H](O)[C@H](O)[C@H]2O)[C@H]1O. The lowest BCUT2D eigenvalue weighted by Crippen LogP contribution is -2.67. The highest BCUT2D eigenvalue weighted by Gasteiger charge is 2.70. The Labute approximate surface area is 526 Å². The van der Waals surface area contributed by atoms with Gasteiger partial charge in [-0.25, -0.2) is 0 Å². The lowest BCUT2D eigenvalue weighted by atomic mass is 9.34. The van der Waals surface area contributed by atoms with E-state index in [1.807, 2.05) is 0 Å². The predicted molar refractivity (Wildman–Crippen MR) is 302 cm³/mol. The summed E-state index contributed by atoms with van der Waals surface area (Å²) in [5.41, 5.74) is -4.16.